The molecule has 3 heterocycles. The van der Waals surface area contributed by atoms with E-state index in [9.17, 15) is 4.79 Å². The predicted molar refractivity (Wildman–Crippen MR) is 125 cm³/mol. The molecule has 2 saturated heterocycles. The fraction of sp³-hybridized carbons (Fsp3) is 0.762. The van der Waals surface area contributed by atoms with Crippen LogP contribution in [0.1, 0.15) is 50.0 Å². The van der Waals surface area contributed by atoms with Crippen molar-refractivity contribution in [2.24, 2.45) is 11.7 Å². The van der Waals surface area contributed by atoms with Crippen LogP contribution in [0.2, 0.25) is 0 Å². The Bertz CT molecular complexity index is 563. The van der Waals surface area contributed by atoms with Crippen molar-refractivity contribution < 1.29 is 19.1 Å². The summed E-state index contributed by atoms with van der Waals surface area (Å²) in [5.74, 6) is 1.34. The van der Waals surface area contributed by atoms with Crippen molar-refractivity contribution in [3.05, 3.63) is 16.6 Å². The van der Waals surface area contributed by atoms with Crippen LogP contribution < -0.4 is 5.73 Å². The number of nitrogens with two attached hydrogens (primary N) is 1. The molecule has 0 aliphatic carbocycles. The summed E-state index contributed by atoms with van der Waals surface area (Å²) in [6, 6.07) is 0. The van der Waals surface area contributed by atoms with Gasteiger partial charge in [0, 0.05) is 50.4 Å². The predicted octanol–water partition coefficient (Wildman–Crippen LogP) is 3.10. The zero-order chi connectivity index (χ0) is 22.2. The van der Waals surface area contributed by atoms with Gasteiger partial charge >= 0.3 is 0 Å². The Balaban J connectivity index is 0.000000672. The van der Waals surface area contributed by atoms with Gasteiger partial charge < -0.3 is 20.1 Å². The molecule has 1 aromatic heterocycles. The van der Waals surface area contributed by atoms with E-state index in [4.69, 9.17) is 14.3 Å². The molecule has 3 rings (SSSR count). The first kappa shape index (κ1) is 27.0. The van der Waals surface area contributed by atoms with Crippen LogP contribution in [-0.4, -0.2) is 74.5 Å². The van der Waals surface area contributed by atoms with E-state index >= 15 is 0 Å². The van der Waals surface area contributed by atoms with Crippen LogP contribution in [0.4, 0.5) is 0 Å². The quantitative estimate of drug-likeness (QED) is 0.521. The van der Waals surface area contributed by atoms with E-state index in [2.05, 4.69) is 24.0 Å². The van der Waals surface area contributed by atoms with Crippen LogP contribution in [0, 0.1) is 5.92 Å². The number of carbonyl (C=O) groups is 2. The number of hydrogen-bond donors (Lipinski definition) is 1. The van der Waals surface area contributed by atoms with E-state index in [1.165, 1.54) is 5.01 Å². The topological polar surface area (TPSA) is 94.8 Å². The first-order valence-corrected chi connectivity index (χ1v) is 13.5. The van der Waals surface area contributed by atoms with Gasteiger partial charge in [0.2, 0.25) is 12.3 Å². The summed E-state index contributed by atoms with van der Waals surface area (Å²) in [5.41, 5.74) is 4.17. The van der Waals surface area contributed by atoms with Gasteiger partial charge in [-0.2, -0.15) is 0 Å². The van der Waals surface area contributed by atoms with Crippen LogP contribution in [0.3, 0.4) is 0 Å². The van der Waals surface area contributed by atoms with Gasteiger partial charge in [-0.05, 0) is 51.9 Å². The van der Waals surface area contributed by atoms with Gasteiger partial charge in [0.05, 0.1) is 17.5 Å². The third-order valence-corrected chi connectivity index (χ3v) is 6.01. The molecule has 0 spiro atoms. The number of piperidine rings is 1. The Labute approximate surface area is 186 Å². The number of hydrogen-bond acceptors (Lipinski definition) is 6. The summed E-state index contributed by atoms with van der Waals surface area (Å²) in [4.78, 5) is 27.5. The molecule has 1 atom stereocenters. The smallest absolute Gasteiger partial charge is 0.225 e. The third kappa shape index (κ3) is 10.8. The first-order chi connectivity index (χ1) is 14.5. The average molecular weight is 460 g/mol. The minimum atomic E-state index is -0.00275. The SMILES string of the molecule is CC(CC(=O)N1CCC(c2nccs2)CC1)OCC1CCOCC1.CPC.NC=O. The summed E-state index contributed by atoms with van der Waals surface area (Å²) in [6.45, 7) is 10.4. The Morgan fingerprint density at radius 1 is 1.37 bits per heavy atom. The zero-order valence-corrected chi connectivity index (χ0v) is 20.4. The van der Waals surface area contributed by atoms with E-state index < -0.39 is 0 Å². The summed E-state index contributed by atoms with van der Waals surface area (Å²) < 4.78 is 11.3. The lowest BCUT2D eigenvalue weighted by Gasteiger charge is -2.32. The van der Waals surface area contributed by atoms with Crippen molar-refractivity contribution >= 4 is 32.2 Å². The number of thiazole rings is 1. The molecule has 1 unspecified atom stereocenters. The summed E-state index contributed by atoms with van der Waals surface area (Å²) in [5, 5.41) is 3.25. The molecule has 0 aromatic carbocycles. The molecule has 2 fully saturated rings. The number of carbonyl (C=O) groups excluding carboxylic acids is 2. The van der Waals surface area contributed by atoms with Crippen molar-refractivity contribution in [2.45, 2.75) is 51.0 Å². The minimum absolute atomic E-state index is 0.00275. The standard InChI is InChI=1S/C18H28N2O3S.C2H7P.CH3NO/c1-14(23-13-15-4-9-22-10-5-15)12-17(21)20-7-2-16(3-8-20)18-19-6-11-24-18;1-3-2;2-1-3/h6,11,14-16H,2-5,7-10,12-13H2,1H3;3H,1-2H3;1H,(H2,2,3). The molecule has 0 saturated carbocycles. The molecular formula is C21H38N3O4PS. The van der Waals surface area contributed by atoms with E-state index in [-0.39, 0.29) is 18.4 Å². The molecule has 7 nitrogen and oxygen atoms in total. The van der Waals surface area contributed by atoms with E-state index in [1.807, 2.05) is 23.4 Å². The number of nitrogens with zero attached hydrogens (tertiary/aromatic N) is 2. The Morgan fingerprint density at radius 3 is 2.50 bits per heavy atom. The Kier molecular flexibility index (Phi) is 14.9. The number of likely N-dealkylation sites (tertiary alicyclic amines) is 1. The van der Waals surface area contributed by atoms with Crippen molar-refractivity contribution in [1.82, 2.24) is 9.88 Å². The number of ether oxygens (including phenoxy) is 2. The van der Waals surface area contributed by atoms with Gasteiger partial charge in [-0.3, -0.25) is 9.59 Å². The average Bonchev–Trinajstić information content (AvgIpc) is 3.29. The van der Waals surface area contributed by atoms with E-state index in [1.54, 1.807) is 11.3 Å². The van der Waals surface area contributed by atoms with E-state index in [0.717, 1.165) is 67.2 Å². The molecule has 172 valence electrons. The van der Waals surface area contributed by atoms with Gasteiger partial charge in [-0.1, -0.05) is 0 Å². The molecule has 2 amide bonds. The fourth-order valence-corrected chi connectivity index (χ4v) is 4.27. The van der Waals surface area contributed by atoms with Gasteiger partial charge in [0.25, 0.3) is 0 Å². The van der Waals surface area contributed by atoms with Crippen molar-refractivity contribution in [3.63, 3.8) is 0 Å². The molecule has 0 radical (unpaired) electrons. The third-order valence-electron chi connectivity index (χ3n) is 5.07. The summed E-state index contributed by atoms with van der Waals surface area (Å²) >= 11 is 1.73. The van der Waals surface area contributed by atoms with Crippen LogP contribution in [0.25, 0.3) is 0 Å². The van der Waals surface area contributed by atoms with Gasteiger partial charge in [-0.25, -0.2) is 4.98 Å². The maximum atomic E-state index is 12.5. The van der Waals surface area contributed by atoms with Gasteiger partial charge in [0.15, 0.2) is 0 Å². The second-order valence-corrected chi connectivity index (χ2v) is 9.49. The lowest BCUT2D eigenvalue weighted by atomic mass is 9.97. The molecule has 0 bridgehead atoms. The fourth-order valence-electron chi connectivity index (χ4n) is 3.46. The molecule has 2 aliphatic heterocycles. The number of aromatic nitrogens is 1. The minimum Gasteiger partial charge on any atom is -0.381 e. The molecular weight excluding hydrogens is 421 g/mol. The Morgan fingerprint density at radius 2 is 1.97 bits per heavy atom. The highest BCUT2D eigenvalue weighted by molar-refractivity contribution is 7.35. The highest BCUT2D eigenvalue weighted by atomic mass is 32.1. The number of rotatable bonds is 6. The summed E-state index contributed by atoms with van der Waals surface area (Å²) in [7, 11) is 1.08. The van der Waals surface area contributed by atoms with Crippen molar-refractivity contribution in [2.75, 3.05) is 46.2 Å². The first-order valence-electron chi connectivity index (χ1n) is 10.7. The molecule has 30 heavy (non-hydrogen) atoms. The number of amides is 2. The molecule has 2 aliphatic rings. The maximum absolute atomic E-state index is 12.5. The van der Waals surface area contributed by atoms with Gasteiger partial charge in [-0.15, -0.1) is 19.9 Å². The largest absolute Gasteiger partial charge is 0.381 e. The van der Waals surface area contributed by atoms with Gasteiger partial charge in [0.1, 0.15) is 0 Å². The monoisotopic (exact) mass is 459 g/mol. The Hall–Kier alpha value is -1.08. The zero-order valence-electron chi connectivity index (χ0n) is 18.5. The van der Waals surface area contributed by atoms with E-state index in [0.29, 0.717) is 18.3 Å². The second kappa shape index (κ2) is 16.6. The highest BCUT2D eigenvalue weighted by Crippen LogP contribution is 2.29. The maximum Gasteiger partial charge on any atom is 0.225 e. The lowest BCUT2D eigenvalue weighted by molar-refractivity contribution is -0.135. The van der Waals surface area contributed by atoms with Crippen molar-refractivity contribution in [1.29, 1.82) is 0 Å². The van der Waals surface area contributed by atoms with Crippen molar-refractivity contribution in [3.8, 4) is 0 Å². The number of primary amides is 1. The second-order valence-electron chi connectivity index (χ2n) is 7.57. The lowest BCUT2D eigenvalue weighted by Crippen LogP contribution is -2.39. The van der Waals surface area contributed by atoms with Crippen LogP contribution >= 0.6 is 19.9 Å². The van der Waals surface area contributed by atoms with Crippen LogP contribution in [0.5, 0.6) is 0 Å². The molecule has 1 aromatic rings. The summed E-state index contributed by atoms with van der Waals surface area (Å²) in [6.07, 6.45) is 6.81. The molecule has 9 heteroatoms. The molecule has 2 N–H and O–H groups in total. The highest BCUT2D eigenvalue weighted by Gasteiger charge is 2.26. The van der Waals surface area contributed by atoms with Crippen LogP contribution in [-0.2, 0) is 19.1 Å². The van der Waals surface area contributed by atoms with Crippen LogP contribution in [0.15, 0.2) is 11.6 Å². The normalized spacial score (nSPS) is 18.4.